The fourth-order valence-electron chi connectivity index (χ4n) is 3.08. The predicted molar refractivity (Wildman–Crippen MR) is 83.7 cm³/mol. The molecule has 0 bridgehead atoms. The van der Waals surface area contributed by atoms with Crippen molar-refractivity contribution in [2.75, 3.05) is 20.1 Å². The van der Waals surface area contributed by atoms with E-state index < -0.39 is 0 Å². The molecule has 104 valence electrons. The summed E-state index contributed by atoms with van der Waals surface area (Å²) in [7, 11) is 2.21. The molecule has 0 saturated heterocycles. The van der Waals surface area contributed by atoms with Gasteiger partial charge in [-0.25, -0.2) is 0 Å². The van der Waals surface area contributed by atoms with Crippen molar-refractivity contribution < 1.29 is 0 Å². The van der Waals surface area contributed by atoms with E-state index in [1.54, 1.807) is 0 Å². The third-order valence-electron chi connectivity index (χ3n) is 4.03. The molecule has 2 aromatic carbocycles. The van der Waals surface area contributed by atoms with Crippen LogP contribution in [-0.4, -0.2) is 25.0 Å². The highest BCUT2D eigenvalue weighted by atomic mass is 15.1. The lowest BCUT2D eigenvalue weighted by Crippen LogP contribution is -2.35. The summed E-state index contributed by atoms with van der Waals surface area (Å²) in [6.07, 6.45) is 0. The second kappa shape index (κ2) is 6.21. The molecule has 1 unspecified atom stereocenters. The Labute approximate surface area is 121 Å². The van der Waals surface area contributed by atoms with Crippen molar-refractivity contribution in [3.8, 4) is 0 Å². The SMILES string of the molecule is CN(Cc1ccccc1)CC1CNCc2ccccc21. The molecule has 1 heterocycles. The molecular weight excluding hydrogens is 244 g/mol. The van der Waals surface area contributed by atoms with Gasteiger partial charge in [-0.3, -0.25) is 0 Å². The number of benzene rings is 2. The summed E-state index contributed by atoms with van der Waals surface area (Å²) < 4.78 is 0. The molecule has 20 heavy (non-hydrogen) atoms. The number of nitrogens with one attached hydrogen (secondary N) is 1. The predicted octanol–water partition coefficient (Wildman–Crippen LogP) is 3.01. The van der Waals surface area contributed by atoms with E-state index in [1.165, 1.54) is 16.7 Å². The molecule has 1 aliphatic rings. The molecule has 0 fully saturated rings. The molecule has 0 amide bonds. The maximum atomic E-state index is 3.53. The van der Waals surface area contributed by atoms with Crippen LogP contribution >= 0.6 is 0 Å². The molecule has 0 radical (unpaired) electrons. The van der Waals surface area contributed by atoms with Gasteiger partial charge in [0.15, 0.2) is 0 Å². The molecule has 0 spiro atoms. The summed E-state index contributed by atoms with van der Waals surface area (Å²) in [6, 6.07) is 19.5. The molecule has 0 aromatic heterocycles. The second-order valence-corrected chi connectivity index (χ2v) is 5.71. The Morgan fingerprint density at radius 1 is 1.05 bits per heavy atom. The zero-order valence-corrected chi connectivity index (χ0v) is 12.0. The number of fused-ring (bicyclic) bond motifs is 1. The van der Waals surface area contributed by atoms with Gasteiger partial charge in [-0.15, -0.1) is 0 Å². The minimum absolute atomic E-state index is 0.591. The molecule has 3 rings (SSSR count). The second-order valence-electron chi connectivity index (χ2n) is 5.71. The normalized spacial score (nSPS) is 18.0. The Morgan fingerprint density at radius 2 is 1.80 bits per heavy atom. The summed E-state index contributed by atoms with van der Waals surface area (Å²) >= 11 is 0. The first kappa shape index (κ1) is 13.3. The topological polar surface area (TPSA) is 15.3 Å². The average molecular weight is 266 g/mol. The monoisotopic (exact) mass is 266 g/mol. The van der Waals surface area contributed by atoms with Crippen LogP contribution in [-0.2, 0) is 13.1 Å². The number of nitrogens with zero attached hydrogens (tertiary/aromatic N) is 1. The zero-order chi connectivity index (χ0) is 13.8. The van der Waals surface area contributed by atoms with Crippen LogP contribution in [0.1, 0.15) is 22.6 Å². The number of hydrogen-bond acceptors (Lipinski definition) is 2. The van der Waals surface area contributed by atoms with Crippen molar-refractivity contribution in [3.63, 3.8) is 0 Å². The van der Waals surface area contributed by atoms with E-state index in [4.69, 9.17) is 0 Å². The Morgan fingerprint density at radius 3 is 2.65 bits per heavy atom. The minimum atomic E-state index is 0.591. The van der Waals surface area contributed by atoms with Gasteiger partial charge < -0.3 is 10.2 Å². The van der Waals surface area contributed by atoms with Gasteiger partial charge in [-0.05, 0) is 23.7 Å². The Kier molecular flexibility index (Phi) is 4.14. The lowest BCUT2D eigenvalue weighted by molar-refractivity contribution is 0.293. The minimum Gasteiger partial charge on any atom is -0.312 e. The Bertz CT molecular complexity index is 550. The molecule has 1 atom stereocenters. The van der Waals surface area contributed by atoms with Gasteiger partial charge in [-0.1, -0.05) is 54.6 Å². The van der Waals surface area contributed by atoms with Gasteiger partial charge in [-0.2, -0.15) is 0 Å². The van der Waals surface area contributed by atoms with Gasteiger partial charge in [0, 0.05) is 32.1 Å². The van der Waals surface area contributed by atoms with Crippen LogP contribution < -0.4 is 5.32 Å². The van der Waals surface area contributed by atoms with E-state index in [2.05, 4.69) is 71.9 Å². The smallest absolute Gasteiger partial charge is 0.0230 e. The van der Waals surface area contributed by atoms with Crippen LogP contribution in [0.3, 0.4) is 0 Å². The van der Waals surface area contributed by atoms with E-state index in [9.17, 15) is 0 Å². The quantitative estimate of drug-likeness (QED) is 0.915. The lowest BCUT2D eigenvalue weighted by atomic mass is 9.90. The first-order valence-corrected chi connectivity index (χ1v) is 7.34. The third-order valence-corrected chi connectivity index (χ3v) is 4.03. The van der Waals surface area contributed by atoms with Crippen LogP contribution in [0.25, 0.3) is 0 Å². The van der Waals surface area contributed by atoms with E-state index in [1.807, 2.05) is 0 Å². The summed E-state index contributed by atoms with van der Waals surface area (Å²) in [5.41, 5.74) is 4.36. The summed E-state index contributed by atoms with van der Waals surface area (Å²) in [6.45, 7) is 4.20. The maximum absolute atomic E-state index is 3.53. The highest BCUT2D eigenvalue weighted by Crippen LogP contribution is 2.24. The lowest BCUT2D eigenvalue weighted by Gasteiger charge is -2.30. The number of rotatable bonds is 4. The zero-order valence-electron chi connectivity index (χ0n) is 12.0. The Hall–Kier alpha value is -1.64. The number of hydrogen-bond donors (Lipinski definition) is 1. The standard InChI is InChI=1S/C18H22N2/c1-20(13-15-7-3-2-4-8-15)14-17-12-19-11-16-9-5-6-10-18(16)17/h2-10,17,19H,11-14H2,1H3. The van der Waals surface area contributed by atoms with Crippen LogP contribution in [0, 0.1) is 0 Å². The van der Waals surface area contributed by atoms with Crippen molar-refractivity contribution in [2.24, 2.45) is 0 Å². The van der Waals surface area contributed by atoms with E-state index >= 15 is 0 Å². The van der Waals surface area contributed by atoms with E-state index in [-0.39, 0.29) is 0 Å². The molecular formula is C18H22N2. The molecule has 2 aromatic rings. The molecule has 2 nitrogen and oxygen atoms in total. The van der Waals surface area contributed by atoms with Gasteiger partial charge in [0.1, 0.15) is 0 Å². The third kappa shape index (κ3) is 3.09. The highest BCUT2D eigenvalue weighted by Gasteiger charge is 2.20. The molecule has 1 N–H and O–H groups in total. The molecule has 2 heteroatoms. The molecule has 0 saturated carbocycles. The van der Waals surface area contributed by atoms with Crippen molar-refractivity contribution in [3.05, 3.63) is 71.3 Å². The average Bonchev–Trinajstić information content (AvgIpc) is 2.48. The van der Waals surface area contributed by atoms with Crippen LogP contribution in [0.4, 0.5) is 0 Å². The fraction of sp³-hybridized carbons (Fsp3) is 0.333. The first-order valence-electron chi connectivity index (χ1n) is 7.34. The number of likely N-dealkylation sites (N-methyl/N-ethyl adjacent to an activating group) is 1. The Balaban J connectivity index is 1.66. The van der Waals surface area contributed by atoms with Crippen molar-refractivity contribution in [1.29, 1.82) is 0 Å². The van der Waals surface area contributed by atoms with Gasteiger partial charge in [0.2, 0.25) is 0 Å². The summed E-state index contributed by atoms with van der Waals surface area (Å²) in [5, 5.41) is 3.53. The van der Waals surface area contributed by atoms with E-state index in [0.29, 0.717) is 5.92 Å². The largest absolute Gasteiger partial charge is 0.312 e. The molecule has 1 aliphatic heterocycles. The van der Waals surface area contributed by atoms with Crippen LogP contribution in [0.2, 0.25) is 0 Å². The first-order chi connectivity index (χ1) is 9.83. The summed E-state index contributed by atoms with van der Waals surface area (Å²) in [5.74, 6) is 0.591. The molecule has 0 aliphatic carbocycles. The highest BCUT2D eigenvalue weighted by molar-refractivity contribution is 5.33. The van der Waals surface area contributed by atoms with Crippen molar-refractivity contribution >= 4 is 0 Å². The van der Waals surface area contributed by atoms with E-state index in [0.717, 1.165) is 26.2 Å². The van der Waals surface area contributed by atoms with Gasteiger partial charge in [0.05, 0.1) is 0 Å². The van der Waals surface area contributed by atoms with Crippen LogP contribution in [0.15, 0.2) is 54.6 Å². The summed E-state index contributed by atoms with van der Waals surface area (Å²) in [4.78, 5) is 2.42. The maximum Gasteiger partial charge on any atom is 0.0230 e. The van der Waals surface area contributed by atoms with Crippen molar-refractivity contribution in [2.45, 2.75) is 19.0 Å². The van der Waals surface area contributed by atoms with Gasteiger partial charge in [0.25, 0.3) is 0 Å². The van der Waals surface area contributed by atoms with Crippen molar-refractivity contribution in [1.82, 2.24) is 10.2 Å². The fourth-order valence-corrected chi connectivity index (χ4v) is 3.08. The van der Waals surface area contributed by atoms with Gasteiger partial charge >= 0.3 is 0 Å². The van der Waals surface area contributed by atoms with Crippen LogP contribution in [0.5, 0.6) is 0 Å².